The van der Waals surface area contributed by atoms with E-state index in [2.05, 4.69) is 42.1 Å². The highest BCUT2D eigenvalue weighted by Gasteiger charge is 2.40. The number of para-hydroxylation sites is 1. The van der Waals surface area contributed by atoms with Gasteiger partial charge in [0.15, 0.2) is 0 Å². The summed E-state index contributed by atoms with van der Waals surface area (Å²) in [6, 6.07) is 12.3. The van der Waals surface area contributed by atoms with Crippen molar-refractivity contribution in [3.63, 3.8) is 0 Å². The molecule has 1 fully saturated rings. The van der Waals surface area contributed by atoms with Crippen LogP contribution in [0, 0.1) is 0 Å². The van der Waals surface area contributed by atoms with Gasteiger partial charge in [0.1, 0.15) is 0 Å². The van der Waals surface area contributed by atoms with Crippen LogP contribution in [0.15, 0.2) is 52.3 Å². The lowest BCUT2D eigenvalue weighted by Crippen LogP contribution is -2.43. The Morgan fingerprint density at radius 3 is 2.46 bits per heavy atom. The summed E-state index contributed by atoms with van der Waals surface area (Å²) in [5.74, 6) is 0.502. The quantitative estimate of drug-likeness (QED) is 0.718. The molecule has 6 heteroatoms. The Bertz CT molecular complexity index is 804. The normalized spacial score (nSPS) is 23.0. The Morgan fingerprint density at radius 1 is 1.04 bits per heavy atom. The van der Waals surface area contributed by atoms with Gasteiger partial charge in [0.05, 0.1) is 11.3 Å². The largest absolute Gasteiger partial charge is 0.416 e. The van der Waals surface area contributed by atoms with Crippen LogP contribution in [0.4, 0.5) is 18.9 Å². The van der Waals surface area contributed by atoms with Gasteiger partial charge >= 0.3 is 6.18 Å². The molecule has 0 aromatic heterocycles. The topological polar surface area (TPSA) is 6.48 Å². The van der Waals surface area contributed by atoms with Crippen molar-refractivity contribution >= 4 is 17.4 Å². The standard InChI is InChI=1S/C20H21F3N2S/c1-24-11-10-17-16(12-24)15-4-3-5-18(19(15)25(17)2)26-14-8-6-13(7-9-14)20(21,22)23/h3-9,16-17H,10-12H2,1-2H3/t16?,17-/m0/s1. The third kappa shape index (κ3) is 3.09. The van der Waals surface area contributed by atoms with E-state index in [1.54, 1.807) is 12.1 Å². The molecular formula is C20H21F3N2S. The zero-order valence-electron chi connectivity index (χ0n) is 14.8. The van der Waals surface area contributed by atoms with Crippen LogP contribution >= 0.6 is 11.8 Å². The fourth-order valence-electron chi connectivity index (χ4n) is 4.17. The molecule has 0 amide bonds. The zero-order chi connectivity index (χ0) is 18.5. The number of likely N-dealkylation sites (N-methyl/N-ethyl adjacent to an activating group) is 2. The van der Waals surface area contributed by atoms with Gasteiger partial charge in [0.25, 0.3) is 0 Å². The summed E-state index contributed by atoms with van der Waals surface area (Å²) in [5.41, 5.74) is 2.00. The molecule has 1 unspecified atom stereocenters. The van der Waals surface area contributed by atoms with E-state index in [0.29, 0.717) is 12.0 Å². The Morgan fingerprint density at radius 2 is 1.77 bits per heavy atom. The monoisotopic (exact) mass is 378 g/mol. The highest BCUT2D eigenvalue weighted by Crippen LogP contribution is 2.49. The Labute approximate surface area is 156 Å². The number of alkyl halides is 3. The fraction of sp³-hybridized carbons (Fsp3) is 0.400. The van der Waals surface area contributed by atoms with Crippen molar-refractivity contribution in [3.8, 4) is 0 Å². The minimum atomic E-state index is -4.29. The van der Waals surface area contributed by atoms with Crippen molar-refractivity contribution in [2.24, 2.45) is 0 Å². The van der Waals surface area contributed by atoms with E-state index in [-0.39, 0.29) is 0 Å². The summed E-state index contributed by atoms with van der Waals surface area (Å²) in [5, 5.41) is 0. The summed E-state index contributed by atoms with van der Waals surface area (Å²) in [4.78, 5) is 6.69. The van der Waals surface area contributed by atoms with Crippen LogP contribution in [0.5, 0.6) is 0 Å². The minimum absolute atomic E-state index is 0.502. The maximum Gasteiger partial charge on any atom is 0.416 e. The van der Waals surface area contributed by atoms with E-state index in [4.69, 9.17) is 0 Å². The Hall–Kier alpha value is -1.66. The van der Waals surface area contributed by atoms with Gasteiger partial charge in [-0.25, -0.2) is 0 Å². The SMILES string of the molecule is CN1CC[C@H]2C(C1)c1cccc(Sc3ccc(C(F)(F)F)cc3)c1N2C. The second-order valence-corrected chi connectivity index (χ2v) is 8.27. The molecular weight excluding hydrogens is 357 g/mol. The van der Waals surface area contributed by atoms with E-state index in [9.17, 15) is 13.2 Å². The molecule has 0 saturated carbocycles. The number of piperidine rings is 1. The van der Waals surface area contributed by atoms with Gasteiger partial charge < -0.3 is 9.80 Å². The number of anilines is 1. The number of hydrogen-bond acceptors (Lipinski definition) is 3. The van der Waals surface area contributed by atoms with Crippen molar-refractivity contribution in [2.45, 2.75) is 34.3 Å². The first-order valence-corrected chi connectivity index (χ1v) is 9.55. The molecule has 0 aliphatic carbocycles. The first kappa shape index (κ1) is 17.7. The van der Waals surface area contributed by atoms with Gasteiger partial charge in [-0.3, -0.25) is 0 Å². The van der Waals surface area contributed by atoms with Gasteiger partial charge in [0, 0.05) is 35.3 Å². The molecule has 2 aromatic carbocycles. The highest BCUT2D eigenvalue weighted by molar-refractivity contribution is 7.99. The van der Waals surface area contributed by atoms with Crippen molar-refractivity contribution < 1.29 is 13.2 Å². The molecule has 0 bridgehead atoms. The summed E-state index contributed by atoms with van der Waals surface area (Å²) in [6.45, 7) is 2.15. The predicted molar refractivity (Wildman–Crippen MR) is 99.1 cm³/mol. The van der Waals surface area contributed by atoms with E-state index < -0.39 is 11.7 Å². The molecule has 2 aliphatic rings. The van der Waals surface area contributed by atoms with Gasteiger partial charge in [-0.1, -0.05) is 23.9 Å². The summed E-state index contributed by atoms with van der Waals surface area (Å²) >= 11 is 1.54. The van der Waals surface area contributed by atoms with Crippen LogP contribution in [-0.2, 0) is 6.18 Å². The molecule has 0 N–H and O–H groups in total. The van der Waals surface area contributed by atoms with E-state index in [1.165, 1.54) is 23.0 Å². The molecule has 2 aromatic rings. The number of benzene rings is 2. The molecule has 138 valence electrons. The second-order valence-electron chi connectivity index (χ2n) is 7.15. The summed E-state index contributed by atoms with van der Waals surface area (Å²) < 4.78 is 38.3. The van der Waals surface area contributed by atoms with Crippen LogP contribution in [0.1, 0.15) is 23.5 Å². The number of hydrogen-bond donors (Lipinski definition) is 0. The minimum Gasteiger partial charge on any atom is -0.370 e. The van der Waals surface area contributed by atoms with Crippen LogP contribution < -0.4 is 4.90 Å². The third-order valence-electron chi connectivity index (χ3n) is 5.47. The zero-order valence-corrected chi connectivity index (χ0v) is 15.6. The van der Waals surface area contributed by atoms with Crippen LogP contribution in [0.2, 0.25) is 0 Å². The molecule has 2 aliphatic heterocycles. The van der Waals surface area contributed by atoms with Crippen molar-refractivity contribution in [1.29, 1.82) is 0 Å². The van der Waals surface area contributed by atoms with Crippen molar-refractivity contribution in [1.82, 2.24) is 4.90 Å². The number of nitrogens with zero attached hydrogens (tertiary/aromatic N) is 2. The van der Waals surface area contributed by atoms with Gasteiger partial charge in [-0.05, 0) is 55.9 Å². The molecule has 4 rings (SSSR count). The summed E-state index contributed by atoms with van der Waals surface area (Å²) in [7, 11) is 4.31. The fourth-order valence-corrected chi connectivity index (χ4v) is 5.21. The molecule has 2 nitrogen and oxygen atoms in total. The molecule has 0 radical (unpaired) electrons. The second kappa shape index (κ2) is 6.50. The number of rotatable bonds is 2. The lowest BCUT2D eigenvalue weighted by atomic mass is 9.89. The predicted octanol–water partition coefficient (Wildman–Crippen LogP) is 5.09. The van der Waals surface area contributed by atoms with Crippen LogP contribution in [-0.4, -0.2) is 38.1 Å². The third-order valence-corrected chi connectivity index (χ3v) is 6.53. The van der Waals surface area contributed by atoms with Crippen LogP contribution in [0.3, 0.4) is 0 Å². The number of likely N-dealkylation sites (tertiary alicyclic amines) is 1. The number of fused-ring (bicyclic) bond motifs is 3. The lowest BCUT2D eigenvalue weighted by molar-refractivity contribution is -0.137. The molecule has 1 saturated heterocycles. The molecule has 26 heavy (non-hydrogen) atoms. The van der Waals surface area contributed by atoms with Gasteiger partial charge in [0.2, 0.25) is 0 Å². The van der Waals surface area contributed by atoms with E-state index in [0.717, 1.165) is 41.4 Å². The van der Waals surface area contributed by atoms with Crippen molar-refractivity contribution in [2.75, 3.05) is 32.1 Å². The van der Waals surface area contributed by atoms with Gasteiger partial charge in [-0.2, -0.15) is 13.2 Å². The number of halogens is 3. The van der Waals surface area contributed by atoms with E-state index >= 15 is 0 Å². The first-order valence-electron chi connectivity index (χ1n) is 8.74. The summed E-state index contributed by atoms with van der Waals surface area (Å²) in [6.07, 6.45) is -3.16. The maximum absolute atomic E-state index is 12.8. The molecule has 2 heterocycles. The average molecular weight is 378 g/mol. The first-order chi connectivity index (χ1) is 12.3. The van der Waals surface area contributed by atoms with E-state index in [1.807, 2.05) is 0 Å². The smallest absolute Gasteiger partial charge is 0.370 e. The maximum atomic E-state index is 12.8. The van der Waals surface area contributed by atoms with Crippen LogP contribution in [0.25, 0.3) is 0 Å². The Kier molecular flexibility index (Phi) is 4.43. The molecule has 2 atom stereocenters. The lowest BCUT2D eigenvalue weighted by Gasteiger charge is -2.35. The average Bonchev–Trinajstić information content (AvgIpc) is 2.88. The molecule has 0 spiro atoms. The van der Waals surface area contributed by atoms with Gasteiger partial charge in [-0.15, -0.1) is 0 Å². The van der Waals surface area contributed by atoms with Crippen molar-refractivity contribution in [3.05, 3.63) is 53.6 Å². The highest BCUT2D eigenvalue weighted by atomic mass is 32.2. The Balaban J connectivity index is 1.64.